The molecule has 4 heteroatoms. The molecule has 3 rings (SSSR count). The molecule has 2 aromatic rings. The minimum atomic E-state index is -0.153. The minimum Gasteiger partial charge on any atom is -0.348 e. The number of carbonyl (C=O) groups is 1. The number of nitrogens with one attached hydrogen (secondary N) is 1. The van der Waals surface area contributed by atoms with Crippen LogP contribution in [0, 0.1) is 0 Å². The monoisotopic (exact) mass is 296 g/mol. The maximum absolute atomic E-state index is 12.5. The third kappa shape index (κ3) is 2.82. The van der Waals surface area contributed by atoms with Crippen molar-refractivity contribution >= 4 is 5.91 Å². The molecular weight excluding hydrogens is 276 g/mol. The fourth-order valence-electron chi connectivity index (χ4n) is 3.07. The van der Waals surface area contributed by atoms with Crippen molar-refractivity contribution in [2.45, 2.75) is 32.2 Å². The van der Waals surface area contributed by atoms with Gasteiger partial charge in [-0.25, -0.2) is 0 Å². The van der Waals surface area contributed by atoms with Crippen molar-refractivity contribution < 1.29 is 4.79 Å². The molecule has 1 aliphatic rings. The van der Waals surface area contributed by atoms with Gasteiger partial charge in [0.1, 0.15) is 0 Å². The number of pyridine rings is 1. The van der Waals surface area contributed by atoms with E-state index >= 15 is 0 Å². The van der Waals surface area contributed by atoms with E-state index in [4.69, 9.17) is 0 Å². The van der Waals surface area contributed by atoms with Crippen LogP contribution in [0.1, 0.15) is 40.0 Å². The summed E-state index contributed by atoms with van der Waals surface area (Å²) < 4.78 is 1.68. The van der Waals surface area contributed by atoms with Crippen LogP contribution >= 0.6 is 0 Å². The number of carbonyl (C=O) groups excluding carboxylic acids is 1. The first kappa shape index (κ1) is 14.6. The quantitative estimate of drug-likeness (QED) is 0.944. The van der Waals surface area contributed by atoms with Gasteiger partial charge in [-0.3, -0.25) is 9.59 Å². The van der Waals surface area contributed by atoms with Gasteiger partial charge in [0.25, 0.3) is 11.5 Å². The molecule has 0 fully saturated rings. The molecule has 1 aromatic heterocycles. The van der Waals surface area contributed by atoms with Gasteiger partial charge in [-0.15, -0.1) is 0 Å². The first-order chi connectivity index (χ1) is 10.7. The Balaban J connectivity index is 1.86. The summed E-state index contributed by atoms with van der Waals surface area (Å²) >= 11 is 0. The van der Waals surface area contributed by atoms with E-state index in [0.717, 1.165) is 42.5 Å². The van der Waals surface area contributed by atoms with E-state index < -0.39 is 0 Å². The number of hydrogen-bond acceptors (Lipinski definition) is 2. The number of fused-ring (bicyclic) bond motifs is 1. The molecule has 4 nitrogen and oxygen atoms in total. The predicted octanol–water partition coefficient (Wildman–Crippen LogP) is 2.19. The Morgan fingerprint density at radius 1 is 1.18 bits per heavy atom. The lowest BCUT2D eigenvalue weighted by atomic mass is 9.91. The average molecular weight is 296 g/mol. The highest BCUT2D eigenvalue weighted by atomic mass is 16.2. The summed E-state index contributed by atoms with van der Waals surface area (Å²) in [5.74, 6) is -0.153. The Bertz CT molecular complexity index is 748. The molecular formula is C18H20N2O2. The van der Waals surface area contributed by atoms with E-state index in [9.17, 15) is 9.59 Å². The van der Waals surface area contributed by atoms with Crippen LogP contribution in [0.25, 0.3) is 0 Å². The van der Waals surface area contributed by atoms with Crippen LogP contribution in [0.5, 0.6) is 0 Å². The number of aromatic nitrogens is 1. The van der Waals surface area contributed by atoms with E-state index in [2.05, 4.69) is 5.32 Å². The van der Waals surface area contributed by atoms with Gasteiger partial charge in [-0.2, -0.15) is 0 Å². The lowest BCUT2D eigenvalue weighted by molar-refractivity contribution is 0.0949. The van der Waals surface area contributed by atoms with Crippen LogP contribution in [-0.4, -0.2) is 10.5 Å². The van der Waals surface area contributed by atoms with Crippen LogP contribution in [0.4, 0.5) is 0 Å². The maximum atomic E-state index is 12.5. The fraction of sp³-hybridized carbons (Fsp3) is 0.333. The summed E-state index contributed by atoms with van der Waals surface area (Å²) in [7, 11) is 1.79. The average Bonchev–Trinajstić information content (AvgIpc) is 2.57. The zero-order valence-corrected chi connectivity index (χ0v) is 12.8. The number of nitrogens with zero attached hydrogens (tertiary/aromatic N) is 1. The lowest BCUT2D eigenvalue weighted by Gasteiger charge is -2.21. The van der Waals surface area contributed by atoms with Gasteiger partial charge in [0, 0.05) is 30.9 Å². The topological polar surface area (TPSA) is 51.1 Å². The van der Waals surface area contributed by atoms with Gasteiger partial charge in [-0.05, 0) is 36.8 Å². The molecule has 0 spiro atoms. The van der Waals surface area contributed by atoms with Gasteiger partial charge >= 0.3 is 0 Å². The minimum absolute atomic E-state index is 0.106. The summed E-state index contributed by atoms with van der Waals surface area (Å²) in [6.45, 7) is 0.476. The van der Waals surface area contributed by atoms with E-state index in [1.54, 1.807) is 11.6 Å². The van der Waals surface area contributed by atoms with Gasteiger partial charge in [0.2, 0.25) is 0 Å². The second-order valence-electron chi connectivity index (χ2n) is 5.76. The van der Waals surface area contributed by atoms with Crippen LogP contribution in [0.2, 0.25) is 0 Å². The first-order valence-electron chi connectivity index (χ1n) is 7.70. The molecule has 1 heterocycles. The zero-order valence-electron chi connectivity index (χ0n) is 12.8. The zero-order chi connectivity index (χ0) is 15.5. The van der Waals surface area contributed by atoms with Crippen LogP contribution in [0.15, 0.2) is 41.2 Å². The smallest absolute Gasteiger partial charge is 0.252 e. The van der Waals surface area contributed by atoms with Crippen LogP contribution in [0.3, 0.4) is 0 Å². The second kappa shape index (κ2) is 6.18. The van der Waals surface area contributed by atoms with Crippen molar-refractivity contribution in [3.63, 3.8) is 0 Å². The molecule has 0 atom stereocenters. The second-order valence-corrected chi connectivity index (χ2v) is 5.76. The van der Waals surface area contributed by atoms with Gasteiger partial charge in [-0.1, -0.05) is 30.3 Å². The summed E-state index contributed by atoms with van der Waals surface area (Å²) in [6, 6.07) is 11.3. The Labute approximate surface area is 129 Å². The van der Waals surface area contributed by atoms with Crippen LogP contribution in [-0.2, 0) is 26.4 Å². The highest BCUT2D eigenvalue weighted by Gasteiger charge is 2.21. The summed E-state index contributed by atoms with van der Waals surface area (Å²) in [6.07, 6.45) is 3.90. The molecule has 22 heavy (non-hydrogen) atoms. The Hall–Kier alpha value is -2.36. The molecule has 0 bridgehead atoms. The highest BCUT2D eigenvalue weighted by molar-refractivity contribution is 5.95. The Morgan fingerprint density at radius 3 is 2.68 bits per heavy atom. The third-order valence-electron chi connectivity index (χ3n) is 4.31. The van der Waals surface area contributed by atoms with E-state index in [-0.39, 0.29) is 11.5 Å². The largest absolute Gasteiger partial charge is 0.348 e. The van der Waals surface area contributed by atoms with E-state index in [0.29, 0.717) is 12.1 Å². The number of hydrogen-bond donors (Lipinski definition) is 1. The molecule has 1 N–H and O–H groups in total. The number of amides is 1. The van der Waals surface area contributed by atoms with Crippen molar-refractivity contribution in [1.82, 2.24) is 9.88 Å². The molecule has 0 aliphatic heterocycles. The molecule has 0 radical (unpaired) electrons. The van der Waals surface area contributed by atoms with Crippen molar-refractivity contribution in [3.05, 3.63) is 69.1 Å². The molecule has 0 saturated heterocycles. The molecule has 1 aromatic carbocycles. The Kier molecular flexibility index (Phi) is 4.09. The van der Waals surface area contributed by atoms with Gasteiger partial charge in [0.15, 0.2) is 0 Å². The molecule has 1 amide bonds. The van der Waals surface area contributed by atoms with E-state index in [1.807, 2.05) is 30.3 Å². The lowest BCUT2D eigenvalue weighted by Crippen LogP contribution is -2.31. The normalized spacial score (nSPS) is 13.5. The Morgan fingerprint density at radius 2 is 1.91 bits per heavy atom. The van der Waals surface area contributed by atoms with Gasteiger partial charge in [0.05, 0.1) is 0 Å². The van der Waals surface area contributed by atoms with Crippen molar-refractivity contribution in [2.75, 3.05) is 0 Å². The predicted molar refractivity (Wildman–Crippen MR) is 85.9 cm³/mol. The van der Waals surface area contributed by atoms with E-state index in [1.165, 1.54) is 6.07 Å². The van der Waals surface area contributed by atoms with Crippen molar-refractivity contribution in [2.24, 2.45) is 7.05 Å². The summed E-state index contributed by atoms with van der Waals surface area (Å²) in [5.41, 5.74) is 3.55. The summed E-state index contributed by atoms with van der Waals surface area (Å²) in [5, 5.41) is 2.92. The number of benzene rings is 1. The molecule has 114 valence electrons. The number of rotatable bonds is 3. The summed E-state index contributed by atoms with van der Waals surface area (Å²) in [4.78, 5) is 24.6. The van der Waals surface area contributed by atoms with Crippen molar-refractivity contribution in [3.8, 4) is 0 Å². The first-order valence-corrected chi connectivity index (χ1v) is 7.70. The maximum Gasteiger partial charge on any atom is 0.252 e. The standard InChI is InChI=1S/C18H20N2O2/c1-20-16-10-6-5-9-14(16)15(11-17(20)21)18(22)19-12-13-7-3-2-4-8-13/h2-4,7-8,11H,5-6,9-10,12H2,1H3,(H,19,22). The molecule has 0 unspecified atom stereocenters. The van der Waals surface area contributed by atoms with Crippen LogP contribution < -0.4 is 10.9 Å². The molecule has 1 aliphatic carbocycles. The molecule has 0 saturated carbocycles. The highest BCUT2D eigenvalue weighted by Crippen LogP contribution is 2.22. The fourth-order valence-corrected chi connectivity index (χ4v) is 3.07. The SMILES string of the molecule is Cn1c2c(c(C(=O)NCc3ccccc3)cc1=O)CCCC2. The van der Waals surface area contributed by atoms with Gasteiger partial charge < -0.3 is 9.88 Å². The van der Waals surface area contributed by atoms with Crippen molar-refractivity contribution in [1.29, 1.82) is 0 Å². The third-order valence-corrected chi connectivity index (χ3v) is 4.31.